The van der Waals surface area contributed by atoms with E-state index in [-0.39, 0.29) is 12.4 Å². The Hall–Kier alpha value is -1.16. The van der Waals surface area contributed by atoms with Crippen molar-refractivity contribution in [3.8, 4) is 5.75 Å². The molecule has 0 bridgehead atoms. The summed E-state index contributed by atoms with van der Waals surface area (Å²) in [6, 6.07) is 0.575. The molecule has 1 rings (SSSR count). The van der Waals surface area contributed by atoms with Gasteiger partial charge < -0.3 is 17.1 Å². The average molecular weight is 365 g/mol. The number of methoxy groups -OCH3 is 1. The third-order valence-electron chi connectivity index (χ3n) is 1.97. The van der Waals surface area contributed by atoms with Crippen LogP contribution in [0.3, 0.4) is 0 Å². The largest absolute Gasteiger partial charge is 1.00 e. The van der Waals surface area contributed by atoms with Crippen LogP contribution < -0.4 is 17.1 Å². The maximum atomic E-state index is 11.2. The van der Waals surface area contributed by atoms with Gasteiger partial charge in [-0.15, -0.1) is 0 Å². The molecule has 112 valence electrons. The van der Waals surface area contributed by atoms with Crippen LogP contribution in [0.2, 0.25) is 5.02 Å². The van der Waals surface area contributed by atoms with Crippen molar-refractivity contribution in [3.05, 3.63) is 16.1 Å². The fraction of sp³-hybridized carbons (Fsp3) is 0.143. The molecule has 0 spiro atoms. The molecule has 0 heterocycles. The SMILES string of the molecule is COc1c([N+]#N)cc(S(=O)(=O)O)c(Cl)c1S(=O)(=O)O.[Cl-]. The summed E-state index contributed by atoms with van der Waals surface area (Å²) in [6.07, 6.45) is 0. The van der Waals surface area contributed by atoms with E-state index in [4.69, 9.17) is 26.1 Å². The molecule has 0 aliphatic rings. The summed E-state index contributed by atoms with van der Waals surface area (Å²) >= 11 is 5.51. The van der Waals surface area contributed by atoms with Crippen LogP contribution in [0.1, 0.15) is 0 Å². The van der Waals surface area contributed by atoms with Crippen molar-refractivity contribution in [1.82, 2.24) is 0 Å². The maximum absolute atomic E-state index is 11.2. The van der Waals surface area contributed by atoms with Gasteiger partial charge in [0.15, 0.2) is 9.87 Å². The van der Waals surface area contributed by atoms with Crippen LogP contribution in [0.25, 0.3) is 4.98 Å². The Morgan fingerprint density at radius 1 is 1.25 bits per heavy atom. The second-order valence-corrected chi connectivity index (χ2v) is 6.25. The fourth-order valence-electron chi connectivity index (χ4n) is 1.27. The van der Waals surface area contributed by atoms with Crippen LogP contribution in [-0.4, -0.2) is 33.1 Å². The van der Waals surface area contributed by atoms with Crippen LogP contribution in [0, 0.1) is 5.39 Å². The predicted octanol–water partition coefficient (Wildman–Crippen LogP) is -1.67. The molecule has 20 heavy (non-hydrogen) atoms. The summed E-state index contributed by atoms with van der Waals surface area (Å²) in [7, 11) is -8.93. The highest BCUT2D eigenvalue weighted by Crippen LogP contribution is 2.43. The summed E-state index contributed by atoms with van der Waals surface area (Å²) in [4.78, 5) is 0.397. The minimum Gasteiger partial charge on any atom is -1.00 e. The van der Waals surface area contributed by atoms with E-state index in [1.54, 1.807) is 0 Å². The molecule has 0 radical (unpaired) electrons. The normalized spacial score (nSPS) is 11.3. The molecule has 0 amide bonds. The minimum atomic E-state index is -5.00. The van der Waals surface area contributed by atoms with Gasteiger partial charge in [-0.1, -0.05) is 11.6 Å². The van der Waals surface area contributed by atoms with Gasteiger partial charge in [0.2, 0.25) is 11.1 Å². The zero-order chi connectivity index (χ0) is 15.0. The van der Waals surface area contributed by atoms with E-state index >= 15 is 0 Å². The van der Waals surface area contributed by atoms with E-state index in [9.17, 15) is 16.8 Å². The van der Waals surface area contributed by atoms with E-state index in [1.165, 1.54) is 0 Å². The lowest BCUT2D eigenvalue weighted by molar-refractivity contribution is -0.0000128. The molecule has 9 nitrogen and oxygen atoms in total. The Morgan fingerprint density at radius 3 is 2.05 bits per heavy atom. The summed E-state index contributed by atoms with van der Waals surface area (Å²) in [5, 5.41) is 7.68. The molecule has 0 saturated heterocycles. The number of diazo groups is 1. The van der Waals surface area contributed by atoms with Gasteiger partial charge in [0.05, 0.1) is 18.2 Å². The summed E-state index contributed by atoms with van der Waals surface area (Å²) in [6.45, 7) is 0. The van der Waals surface area contributed by atoms with Crippen LogP contribution in [-0.2, 0) is 20.2 Å². The van der Waals surface area contributed by atoms with Crippen LogP contribution in [0.4, 0.5) is 5.69 Å². The lowest BCUT2D eigenvalue weighted by Crippen LogP contribution is -3.00. The van der Waals surface area contributed by atoms with Crippen molar-refractivity contribution in [2.75, 3.05) is 7.11 Å². The number of halogens is 2. The summed E-state index contributed by atoms with van der Waals surface area (Å²) in [5.74, 6) is -0.678. The van der Waals surface area contributed by atoms with E-state index < -0.39 is 46.5 Å². The number of benzene rings is 1. The van der Waals surface area contributed by atoms with E-state index in [0.717, 1.165) is 7.11 Å². The zero-order valence-electron chi connectivity index (χ0n) is 9.48. The van der Waals surface area contributed by atoms with E-state index in [1.807, 2.05) is 0 Å². The second kappa shape index (κ2) is 6.08. The third-order valence-corrected chi connectivity index (χ3v) is 4.37. The molecule has 0 aliphatic carbocycles. The average Bonchev–Trinajstić information content (AvgIpc) is 2.24. The molecular weight excluding hydrogens is 359 g/mol. The predicted molar refractivity (Wildman–Crippen MR) is 62.4 cm³/mol. The van der Waals surface area contributed by atoms with Crippen molar-refractivity contribution in [1.29, 1.82) is 5.39 Å². The molecule has 1 aromatic carbocycles. The van der Waals surface area contributed by atoms with E-state index in [2.05, 4.69) is 9.71 Å². The second-order valence-electron chi connectivity index (χ2n) is 3.12. The molecule has 1 aromatic rings. The molecular formula is C7H6Cl2N2O7S2. The number of ether oxygens (including phenoxy) is 1. The first-order valence-corrected chi connectivity index (χ1v) is 7.50. The Labute approximate surface area is 125 Å². The van der Waals surface area contributed by atoms with Crippen molar-refractivity contribution in [2.24, 2.45) is 0 Å². The highest BCUT2D eigenvalue weighted by Gasteiger charge is 2.35. The molecule has 0 saturated carbocycles. The van der Waals surface area contributed by atoms with Crippen molar-refractivity contribution >= 4 is 37.5 Å². The van der Waals surface area contributed by atoms with Crippen LogP contribution in [0.5, 0.6) is 5.75 Å². The number of nitrogens with zero attached hydrogens (tertiary/aromatic N) is 2. The van der Waals surface area contributed by atoms with Gasteiger partial charge in [0.1, 0.15) is 4.90 Å². The molecule has 0 aliphatic heterocycles. The van der Waals surface area contributed by atoms with E-state index in [0.29, 0.717) is 6.07 Å². The first-order chi connectivity index (χ1) is 8.54. The maximum Gasteiger partial charge on any atom is 0.429 e. The number of rotatable bonds is 3. The first-order valence-electron chi connectivity index (χ1n) is 4.24. The van der Waals surface area contributed by atoms with Gasteiger partial charge in [-0.25, -0.2) is 0 Å². The molecule has 2 N–H and O–H groups in total. The molecule has 0 atom stereocenters. The zero-order valence-corrected chi connectivity index (χ0v) is 12.6. The number of hydrogen-bond donors (Lipinski definition) is 2. The van der Waals surface area contributed by atoms with Crippen LogP contribution >= 0.6 is 11.6 Å². The summed E-state index contributed by atoms with van der Waals surface area (Å²) < 4.78 is 66.9. The van der Waals surface area contributed by atoms with Gasteiger partial charge in [0.25, 0.3) is 20.2 Å². The highest BCUT2D eigenvalue weighted by atomic mass is 35.5. The van der Waals surface area contributed by atoms with Gasteiger partial charge >= 0.3 is 5.69 Å². The standard InChI is InChI=1S/C7H5ClN2O7S2.ClH/c1-17-6-3(10-9)2-4(18(11,12)13)5(8)7(6)19(14,15)16;/h2H,1H3,(H-,11,12,13,14,15,16);1H. The van der Waals surface area contributed by atoms with Gasteiger partial charge in [0, 0.05) is 0 Å². The molecule has 13 heteroatoms. The highest BCUT2D eigenvalue weighted by molar-refractivity contribution is 7.87. The topological polar surface area (TPSA) is 146 Å². The quantitative estimate of drug-likeness (QED) is 0.478. The number of hydrogen-bond acceptors (Lipinski definition) is 6. The molecule has 0 fully saturated rings. The summed E-state index contributed by atoms with van der Waals surface area (Å²) in [5.41, 5.74) is -0.660. The first kappa shape index (κ1) is 18.8. The Kier molecular flexibility index (Phi) is 5.73. The molecule has 0 aromatic heterocycles. The monoisotopic (exact) mass is 364 g/mol. The Balaban J connectivity index is 0.00000361. The lowest BCUT2D eigenvalue weighted by atomic mass is 10.3. The van der Waals surface area contributed by atoms with Crippen molar-refractivity contribution < 1.29 is 43.1 Å². The van der Waals surface area contributed by atoms with Gasteiger partial charge in [-0.05, 0) is 0 Å². The Morgan fingerprint density at radius 2 is 1.75 bits per heavy atom. The lowest BCUT2D eigenvalue weighted by Gasteiger charge is -2.08. The third kappa shape index (κ3) is 3.48. The van der Waals surface area contributed by atoms with Crippen LogP contribution in [0.15, 0.2) is 15.9 Å². The Bertz CT molecular complexity index is 782. The van der Waals surface area contributed by atoms with Gasteiger partial charge in [-0.2, -0.15) is 16.8 Å². The molecule has 0 unspecified atom stereocenters. The minimum absolute atomic E-state index is 0. The van der Waals surface area contributed by atoms with Crippen molar-refractivity contribution in [3.63, 3.8) is 0 Å². The van der Waals surface area contributed by atoms with Gasteiger partial charge in [-0.3, -0.25) is 9.11 Å². The fourth-order valence-corrected chi connectivity index (χ4v) is 3.41. The smallest absolute Gasteiger partial charge is 0.429 e. The van der Waals surface area contributed by atoms with Crippen molar-refractivity contribution in [2.45, 2.75) is 9.79 Å².